The van der Waals surface area contributed by atoms with E-state index in [1.165, 1.54) is 4.13 Å². The van der Waals surface area contributed by atoms with E-state index in [0.717, 1.165) is 0 Å². The highest BCUT2D eigenvalue weighted by molar-refractivity contribution is 8.39. The molecule has 0 aromatic rings. The van der Waals surface area contributed by atoms with Gasteiger partial charge in [0.05, 0.1) is 0 Å². The first-order valence-corrected chi connectivity index (χ1v) is 7.58. The molecule has 1 aliphatic heterocycles. The van der Waals surface area contributed by atoms with E-state index in [1.54, 1.807) is 0 Å². The lowest BCUT2D eigenvalue weighted by Crippen LogP contribution is -2.62. The Morgan fingerprint density at radius 2 is 1.05 bits per heavy atom. The van der Waals surface area contributed by atoms with Gasteiger partial charge in [0.1, 0.15) is 0 Å². The molecule has 0 aliphatic carbocycles. The molecule has 19 heavy (non-hydrogen) atoms. The fourth-order valence-electron chi connectivity index (χ4n) is 0.912. The van der Waals surface area contributed by atoms with Crippen LogP contribution in [0.5, 0.6) is 0 Å². The quantitative estimate of drug-likeness (QED) is 0.620. The molecular formula is C4F8NO3S3-. The first kappa shape index (κ1) is 16.8. The fourth-order valence-corrected chi connectivity index (χ4v) is 4.63. The van der Waals surface area contributed by atoms with Crippen molar-refractivity contribution in [1.29, 1.82) is 0 Å². The Balaban J connectivity index is 3.92. The highest BCUT2D eigenvalue weighted by Crippen LogP contribution is 2.60. The Bertz CT molecular complexity index is 553. The van der Waals surface area contributed by atoms with Crippen molar-refractivity contribution in [3.63, 3.8) is 0 Å². The Morgan fingerprint density at radius 1 is 0.737 bits per heavy atom. The Kier molecular flexibility index (Phi) is 3.24. The Hall–Kier alpha value is -0.280. The molecule has 0 spiro atoms. The van der Waals surface area contributed by atoms with Gasteiger partial charge in [-0.3, -0.25) is 4.21 Å². The second kappa shape index (κ2) is 3.67. The molecule has 0 N–H and O–H groups in total. The minimum absolute atomic E-state index is 1.19. The first-order chi connectivity index (χ1) is 7.96. The zero-order valence-corrected chi connectivity index (χ0v) is 10.4. The van der Waals surface area contributed by atoms with Crippen LogP contribution in [0.15, 0.2) is 0 Å². The second-order valence-corrected chi connectivity index (χ2v) is 8.08. The molecule has 1 heterocycles. The molecule has 1 rings (SSSR count). The van der Waals surface area contributed by atoms with Gasteiger partial charge in [0.15, 0.2) is 10.0 Å². The first-order valence-electron chi connectivity index (χ1n) is 3.70. The zero-order chi connectivity index (χ0) is 15.7. The van der Waals surface area contributed by atoms with Gasteiger partial charge >= 0.3 is 22.4 Å². The molecule has 114 valence electrons. The highest BCUT2D eigenvalue weighted by atomic mass is 32.8. The summed E-state index contributed by atoms with van der Waals surface area (Å²) < 4.78 is 136. The van der Waals surface area contributed by atoms with Crippen molar-refractivity contribution in [3.05, 3.63) is 4.13 Å². The number of rotatable bonds is 0. The molecule has 0 aromatic carbocycles. The molecule has 1 aliphatic rings. The molecule has 15 heteroatoms. The standard InChI is InChI=1S/C4F8NO3S3/c5-1(6)2(7,8)4(11,12)19(16,17)13-18(14,15)3(1,9)10/q-1. The summed E-state index contributed by atoms with van der Waals surface area (Å²) in [5, 5.41) is -13.2. The predicted octanol–water partition coefficient (Wildman–Crippen LogP) is 1.82. The summed E-state index contributed by atoms with van der Waals surface area (Å²) in [6.07, 6.45) is 0. The molecule has 0 bridgehead atoms. The predicted molar refractivity (Wildman–Crippen MR) is 47.6 cm³/mol. The molecule has 4 nitrogen and oxygen atoms in total. The van der Waals surface area contributed by atoms with Gasteiger partial charge in [0, 0.05) is 8.68 Å². The lowest BCUT2D eigenvalue weighted by molar-refractivity contribution is -0.323. The van der Waals surface area contributed by atoms with Crippen molar-refractivity contribution in [3.8, 4) is 0 Å². The molecule has 0 aromatic heterocycles. The van der Waals surface area contributed by atoms with E-state index in [1.807, 2.05) is 0 Å². The molecule has 0 saturated carbocycles. The minimum atomic E-state index is -7.07. The van der Waals surface area contributed by atoms with Gasteiger partial charge in [-0.05, 0) is 11.2 Å². The zero-order valence-electron chi connectivity index (χ0n) is 7.92. The number of halogens is 8. The van der Waals surface area contributed by atoms with E-state index in [2.05, 4.69) is 11.2 Å². The van der Waals surface area contributed by atoms with Crippen LogP contribution < -0.4 is 0 Å². The Morgan fingerprint density at radius 3 is 1.42 bits per heavy atom. The number of hydrogen-bond donors (Lipinski definition) is 0. The summed E-state index contributed by atoms with van der Waals surface area (Å²) >= 11 is 3.21. The monoisotopic (exact) mass is 358 g/mol. The smallest absolute Gasteiger partial charge is 0.398 e. The number of hydrogen-bond acceptors (Lipinski definition) is 4. The summed E-state index contributed by atoms with van der Waals surface area (Å²) in [6, 6.07) is 0. The second-order valence-electron chi connectivity index (χ2n) is 3.21. The van der Waals surface area contributed by atoms with E-state index in [0.29, 0.717) is 0 Å². The van der Waals surface area contributed by atoms with Crippen LogP contribution >= 0.6 is 0 Å². The molecule has 1 unspecified atom stereocenters. The van der Waals surface area contributed by atoms with Crippen molar-refractivity contribution in [2.75, 3.05) is 0 Å². The van der Waals surface area contributed by atoms with Crippen LogP contribution in [0, 0.1) is 0 Å². The number of nitrogens with zero attached hydrogens (tertiary/aromatic N) is 1. The summed E-state index contributed by atoms with van der Waals surface area (Å²) in [5.74, 6) is -14.1. The van der Waals surface area contributed by atoms with Gasteiger partial charge in [-0.1, -0.05) is 0 Å². The number of alkyl halides is 8. The minimum Gasteiger partial charge on any atom is -0.449 e. The maximum atomic E-state index is 12.9. The van der Waals surface area contributed by atoms with Crippen molar-refractivity contribution in [2.24, 2.45) is 0 Å². The van der Waals surface area contributed by atoms with Crippen molar-refractivity contribution >= 4 is 29.9 Å². The highest BCUT2D eigenvalue weighted by Gasteiger charge is 2.86. The molecule has 0 radical (unpaired) electrons. The van der Waals surface area contributed by atoms with Crippen LogP contribution in [0.2, 0.25) is 0 Å². The lowest BCUT2D eigenvalue weighted by Gasteiger charge is -2.33. The SMILES string of the molecule is O=S1(=O)[N-]S(=O)(=S)C(F)(F)C(F)(F)C(F)(F)C1(F)F. The van der Waals surface area contributed by atoms with Crippen LogP contribution in [0.3, 0.4) is 0 Å². The van der Waals surface area contributed by atoms with Gasteiger partial charge < -0.3 is 4.13 Å². The maximum Gasteiger partial charge on any atom is 0.398 e. The van der Waals surface area contributed by atoms with E-state index in [9.17, 15) is 47.8 Å². The molecule has 1 atom stereocenters. The molecule has 1 saturated heterocycles. The van der Waals surface area contributed by atoms with Crippen LogP contribution in [0.1, 0.15) is 0 Å². The molecule has 1 fully saturated rings. The van der Waals surface area contributed by atoms with Crippen molar-refractivity contribution in [2.45, 2.75) is 22.4 Å². The molecule has 0 amide bonds. The average molecular weight is 358 g/mol. The third-order valence-electron chi connectivity index (χ3n) is 1.97. The van der Waals surface area contributed by atoms with E-state index in [-0.39, 0.29) is 0 Å². The average Bonchev–Trinajstić information content (AvgIpc) is 2.14. The topological polar surface area (TPSA) is 65.3 Å². The van der Waals surface area contributed by atoms with Crippen LogP contribution in [0.4, 0.5) is 35.1 Å². The van der Waals surface area contributed by atoms with E-state index < -0.39 is 41.1 Å². The van der Waals surface area contributed by atoms with Gasteiger partial charge in [-0.25, -0.2) is 8.42 Å². The van der Waals surface area contributed by atoms with Gasteiger partial charge in [0.2, 0.25) is 0 Å². The van der Waals surface area contributed by atoms with Gasteiger partial charge in [-0.2, -0.15) is 35.1 Å². The van der Waals surface area contributed by atoms with Gasteiger partial charge in [-0.15, -0.1) is 0 Å². The largest absolute Gasteiger partial charge is 0.449 e. The van der Waals surface area contributed by atoms with E-state index in [4.69, 9.17) is 0 Å². The van der Waals surface area contributed by atoms with Crippen LogP contribution in [0.25, 0.3) is 4.13 Å². The fraction of sp³-hybridized carbons (Fsp3) is 1.00. The third-order valence-corrected chi connectivity index (χ3v) is 6.52. The number of sulfonamides is 1. The Labute approximate surface area is 105 Å². The summed E-state index contributed by atoms with van der Waals surface area (Å²) in [7, 11) is -13.3. The lowest BCUT2D eigenvalue weighted by atomic mass is 10.2. The van der Waals surface area contributed by atoms with E-state index >= 15 is 0 Å². The maximum absolute atomic E-state index is 12.9. The summed E-state index contributed by atoms with van der Waals surface area (Å²) in [5.41, 5.74) is 0. The van der Waals surface area contributed by atoms with Crippen LogP contribution in [-0.4, -0.2) is 35.0 Å². The normalized spacial score (nSPS) is 38.3. The van der Waals surface area contributed by atoms with Gasteiger partial charge in [0.25, 0.3) is 0 Å². The summed E-state index contributed by atoms with van der Waals surface area (Å²) in [6.45, 7) is 0. The van der Waals surface area contributed by atoms with Crippen molar-refractivity contribution < 1.29 is 47.8 Å². The van der Waals surface area contributed by atoms with Crippen molar-refractivity contribution in [1.82, 2.24) is 0 Å². The molecular weight excluding hydrogens is 358 g/mol. The van der Waals surface area contributed by atoms with Crippen LogP contribution in [-0.2, 0) is 29.9 Å². The third kappa shape index (κ3) is 1.70. The summed E-state index contributed by atoms with van der Waals surface area (Å²) in [4.78, 5) is 0.